The summed E-state index contributed by atoms with van der Waals surface area (Å²) in [6.07, 6.45) is 2.97. The molecule has 21 heavy (non-hydrogen) atoms. The second-order valence-electron chi connectivity index (χ2n) is 5.80. The molecule has 0 radical (unpaired) electrons. The molecule has 0 amide bonds. The molecule has 1 aromatic heterocycles. The fourth-order valence-corrected chi connectivity index (χ4v) is 3.72. The first kappa shape index (κ1) is 16.3. The van der Waals surface area contributed by atoms with Crippen LogP contribution in [0.5, 0.6) is 0 Å². The molecule has 1 N–H and O–H groups in total. The molecule has 1 aromatic rings. The number of hydrogen-bond acceptors (Lipinski definition) is 5. The van der Waals surface area contributed by atoms with Crippen molar-refractivity contribution in [2.24, 2.45) is 5.92 Å². The molecule has 118 valence electrons. The zero-order chi connectivity index (χ0) is 15.4. The Kier molecular flexibility index (Phi) is 5.64. The van der Waals surface area contributed by atoms with Crippen LogP contribution >= 0.6 is 11.8 Å². The van der Waals surface area contributed by atoms with Crippen LogP contribution in [-0.2, 0) is 11.2 Å². The van der Waals surface area contributed by atoms with Crippen LogP contribution in [0.15, 0.2) is 5.16 Å². The minimum atomic E-state index is -0.817. The number of thioether (sulfide) groups is 1. The summed E-state index contributed by atoms with van der Waals surface area (Å²) in [5, 5.41) is 18.2. The van der Waals surface area contributed by atoms with Gasteiger partial charge in [0, 0.05) is 19.0 Å². The van der Waals surface area contributed by atoms with E-state index in [1.54, 1.807) is 0 Å². The van der Waals surface area contributed by atoms with Gasteiger partial charge in [0.15, 0.2) is 5.16 Å². The Balaban J connectivity index is 2.25. The number of hydrogen-bond donors (Lipinski definition) is 1. The van der Waals surface area contributed by atoms with Gasteiger partial charge < -0.3 is 14.6 Å². The molecule has 0 saturated carbocycles. The first-order valence-corrected chi connectivity index (χ1v) is 8.48. The lowest BCUT2D eigenvalue weighted by molar-refractivity contribution is -0.133. The SMILES string of the molecule is CCCc1nnc(SCC(=O)O)n1C1CCN(C)CC1C. The summed E-state index contributed by atoms with van der Waals surface area (Å²) in [5.74, 6) is 0.722. The maximum Gasteiger partial charge on any atom is 0.313 e. The highest BCUT2D eigenvalue weighted by Gasteiger charge is 2.29. The summed E-state index contributed by atoms with van der Waals surface area (Å²) in [6.45, 7) is 6.49. The molecule has 0 aromatic carbocycles. The standard InChI is InChI=1S/C14H24N4O2S/c1-4-5-12-15-16-14(21-9-13(19)20)18(12)11-6-7-17(3)8-10(11)2/h10-11H,4-9H2,1-3H3,(H,19,20). The molecule has 2 rings (SSSR count). The second kappa shape index (κ2) is 7.26. The lowest BCUT2D eigenvalue weighted by Crippen LogP contribution is -2.38. The third kappa shape index (κ3) is 3.97. The van der Waals surface area contributed by atoms with Crippen molar-refractivity contribution in [3.63, 3.8) is 0 Å². The Bertz CT molecular complexity index is 491. The maximum atomic E-state index is 10.8. The Labute approximate surface area is 129 Å². The highest BCUT2D eigenvalue weighted by atomic mass is 32.2. The van der Waals surface area contributed by atoms with Crippen molar-refractivity contribution in [1.29, 1.82) is 0 Å². The Morgan fingerprint density at radius 1 is 1.48 bits per heavy atom. The molecule has 1 saturated heterocycles. The molecule has 2 atom stereocenters. The van der Waals surface area contributed by atoms with Crippen molar-refractivity contribution in [2.75, 3.05) is 25.9 Å². The normalized spacial score (nSPS) is 23.4. The van der Waals surface area contributed by atoms with E-state index in [0.29, 0.717) is 12.0 Å². The third-order valence-electron chi connectivity index (χ3n) is 3.93. The number of nitrogens with zero attached hydrogens (tertiary/aromatic N) is 4. The number of aliphatic carboxylic acids is 1. The zero-order valence-corrected chi connectivity index (χ0v) is 13.8. The highest BCUT2D eigenvalue weighted by molar-refractivity contribution is 7.99. The predicted octanol–water partition coefficient (Wildman–Crippen LogP) is 1.92. The van der Waals surface area contributed by atoms with Gasteiger partial charge in [-0.3, -0.25) is 4.79 Å². The summed E-state index contributed by atoms with van der Waals surface area (Å²) in [7, 11) is 2.14. The summed E-state index contributed by atoms with van der Waals surface area (Å²) < 4.78 is 2.20. The van der Waals surface area contributed by atoms with Gasteiger partial charge in [-0.25, -0.2) is 0 Å². The molecule has 1 aliphatic rings. The van der Waals surface area contributed by atoms with Crippen molar-refractivity contribution in [1.82, 2.24) is 19.7 Å². The van der Waals surface area contributed by atoms with Gasteiger partial charge in [-0.05, 0) is 32.4 Å². The summed E-state index contributed by atoms with van der Waals surface area (Å²) >= 11 is 1.27. The minimum Gasteiger partial charge on any atom is -0.481 e. The van der Waals surface area contributed by atoms with Gasteiger partial charge in [0.1, 0.15) is 5.82 Å². The predicted molar refractivity (Wildman–Crippen MR) is 82.7 cm³/mol. The lowest BCUT2D eigenvalue weighted by atomic mass is 9.94. The van der Waals surface area contributed by atoms with E-state index >= 15 is 0 Å². The van der Waals surface area contributed by atoms with Gasteiger partial charge >= 0.3 is 5.97 Å². The molecule has 0 aliphatic carbocycles. The maximum absolute atomic E-state index is 10.8. The van der Waals surface area contributed by atoms with Crippen LogP contribution in [0.2, 0.25) is 0 Å². The fraction of sp³-hybridized carbons (Fsp3) is 0.786. The van der Waals surface area contributed by atoms with Gasteiger partial charge in [-0.2, -0.15) is 0 Å². The van der Waals surface area contributed by atoms with Crippen LogP contribution in [0, 0.1) is 5.92 Å². The van der Waals surface area contributed by atoms with Crippen molar-refractivity contribution < 1.29 is 9.90 Å². The molecule has 2 unspecified atom stereocenters. The molecule has 1 fully saturated rings. The van der Waals surface area contributed by atoms with Gasteiger partial charge in [-0.1, -0.05) is 25.6 Å². The summed E-state index contributed by atoms with van der Waals surface area (Å²) in [5.41, 5.74) is 0. The van der Waals surface area contributed by atoms with E-state index in [0.717, 1.165) is 43.3 Å². The van der Waals surface area contributed by atoms with Crippen LogP contribution < -0.4 is 0 Å². The number of aryl methyl sites for hydroxylation is 1. The van der Waals surface area contributed by atoms with Crippen LogP contribution in [0.25, 0.3) is 0 Å². The zero-order valence-electron chi connectivity index (χ0n) is 12.9. The van der Waals surface area contributed by atoms with E-state index in [1.165, 1.54) is 11.8 Å². The molecule has 6 nitrogen and oxygen atoms in total. The molecular weight excluding hydrogens is 288 g/mol. The van der Waals surface area contributed by atoms with Gasteiger partial charge in [0.2, 0.25) is 0 Å². The summed E-state index contributed by atoms with van der Waals surface area (Å²) in [6, 6.07) is 0.369. The second-order valence-corrected chi connectivity index (χ2v) is 6.74. The molecule has 7 heteroatoms. The average molecular weight is 312 g/mol. The number of piperidine rings is 1. The van der Waals surface area contributed by atoms with Gasteiger partial charge in [0.05, 0.1) is 5.75 Å². The van der Waals surface area contributed by atoms with E-state index in [-0.39, 0.29) is 5.75 Å². The van der Waals surface area contributed by atoms with E-state index in [9.17, 15) is 4.79 Å². The number of rotatable bonds is 6. The molecule has 0 spiro atoms. The monoisotopic (exact) mass is 312 g/mol. The largest absolute Gasteiger partial charge is 0.481 e. The first-order valence-electron chi connectivity index (χ1n) is 7.49. The highest BCUT2D eigenvalue weighted by Crippen LogP contribution is 2.32. The number of likely N-dealkylation sites (tertiary alicyclic amines) is 1. The fourth-order valence-electron chi connectivity index (χ4n) is 2.98. The van der Waals surface area contributed by atoms with Crippen LogP contribution in [0.4, 0.5) is 0 Å². The third-order valence-corrected chi connectivity index (χ3v) is 4.86. The van der Waals surface area contributed by atoms with Gasteiger partial charge in [0.25, 0.3) is 0 Å². The van der Waals surface area contributed by atoms with Crippen molar-refractivity contribution in [2.45, 2.75) is 44.3 Å². The first-order chi connectivity index (χ1) is 10.0. The van der Waals surface area contributed by atoms with Crippen LogP contribution in [0.3, 0.4) is 0 Å². The molecule has 1 aliphatic heterocycles. The molecular formula is C14H24N4O2S. The number of carboxylic acid groups (broad SMARTS) is 1. The number of carbonyl (C=O) groups is 1. The van der Waals surface area contributed by atoms with E-state index in [2.05, 4.69) is 40.6 Å². The summed E-state index contributed by atoms with van der Waals surface area (Å²) in [4.78, 5) is 13.2. The quantitative estimate of drug-likeness (QED) is 0.809. The van der Waals surface area contributed by atoms with Crippen molar-refractivity contribution in [3.05, 3.63) is 5.82 Å². The van der Waals surface area contributed by atoms with Crippen molar-refractivity contribution >= 4 is 17.7 Å². The van der Waals surface area contributed by atoms with E-state index in [1.807, 2.05) is 0 Å². The van der Waals surface area contributed by atoms with E-state index in [4.69, 9.17) is 5.11 Å². The van der Waals surface area contributed by atoms with Crippen LogP contribution in [-0.4, -0.2) is 56.6 Å². The number of aromatic nitrogens is 3. The van der Waals surface area contributed by atoms with E-state index < -0.39 is 5.97 Å². The van der Waals surface area contributed by atoms with Crippen LogP contribution in [0.1, 0.15) is 38.6 Å². The Morgan fingerprint density at radius 3 is 2.86 bits per heavy atom. The van der Waals surface area contributed by atoms with Gasteiger partial charge in [-0.15, -0.1) is 10.2 Å². The Hall–Kier alpha value is -1.08. The lowest BCUT2D eigenvalue weighted by Gasteiger charge is -2.36. The van der Waals surface area contributed by atoms with Crippen molar-refractivity contribution in [3.8, 4) is 0 Å². The number of carboxylic acids is 1. The Morgan fingerprint density at radius 2 is 2.24 bits per heavy atom. The smallest absolute Gasteiger partial charge is 0.313 e. The molecule has 2 heterocycles. The minimum absolute atomic E-state index is 0.0330. The topological polar surface area (TPSA) is 71.2 Å². The molecule has 0 bridgehead atoms. The average Bonchev–Trinajstić information content (AvgIpc) is 2.80.